The van der Waals surface area contributed by atoms with Crippen molar-refractivity contribution < 1.29 is 9.47 Å². The number of nitrogens with zero attached hydrogens (tertiary/aromatic N) is 1. The predicted octanol–water partition coefficient (Wildman–Crippen LogP) is 3.93. The van der Waals surface area contributed by atoms with Crippen molar-refractivity contribution >= 4 is 27.9 Å². The second-order valence-corrected chi connectivity index (χ2v) is 5.55. The van der Waals surface area contributed by atoms with Crippen LogP contribution in [0.15, 0.2) is 41.9 Å². The molecule has 0 saturated heterocycles. The molecule has 0 saturated carbocycles. The molecule has 2 heterocycles. The quantitative estimate of drug-likeness (QED) is 0.775. The maximum Gasteiger partial charge on any atom is 0.161 e. The molecule has 3 aromatic rings. The number of rotatable bonds is 5. The summed E-state index contributed by atoms with van der Waals surface area (Å²) in [7, 11) is 3.28. The van der Waals surface area contributed by atoms with Crippen molar-refractivity contribution in [1.29, 1.82) is 0 Å². The Morgan fingerprint density at radius 3 is 2.67 bits per heavy atom. The van der Waals surface area contributed by atoms with Crippen LogP contribution >= 0.6 is 11.3 Å². The maximum atomic E-state index is 5.37. The van der Waals surface area contributed by atoms with Crippen LogP contribution in [-0.4, -0.2) is 19.2 Å². The molecule has 2 aromatic heterocycles. The highest BCUT2D eigenvalue weighted by molar-refractivity contribution is 7.09. The lowest BCUT2D eigenvalue weighted by molar-refractivity contribution is 0.356. The van der Waals surface area contributed by atoms with E-state index in [1.54, 1.807) is 31.8 Å². The van der Waals surface area contributed by atoms with Gasteiger partial charge in [-0.3, -0.25) is 0 Å². The first-order chi connectivity index (χ1) is 10.3. The molecule has 1 N–H and O–H groups in total. The molecule has 0 amide bonds. The summed E-state index contributed by atoms with van der Waals surface area (Å²) in [6, 6.07) is 10.0. The van der Waals surface area contributed by atoms with Gasteiger partial charge in [0.15, 0.2) is 11.5 Å². The van der Waals surface area contributed by atoms with Crippen molar-refractivity contribution in [3.63, 3.8) is 0 Å². The first kappa shape index (κ1) is 13.7. The van der Waals surface area contributed by atoms with Gasteiger partial charge in [-0.25, -0.2) is 4.98 Å². The molecule has 0 spiro atoms. The third-order valence-electron chi connectivity index (χ3n) is 3.28. The minimum absolute atomic E-state index is 0.706. The molecule has 108 valence electrons. The van der Waals surface area contributed by atoms with E-state index in [-0.39, 0.29) is 0 Å². The molecule has 5 heteroatoms. The lowest BCUT2D eigenvalue weighted by Crippen LogP contribution is -2.01. The van der Waals surface area contributed by atoms with Crippen molar-refractivity contribution in [1.82, 2.24) is 4.98 Å². The van der Waals surface area contributed by atoms with Gasteiger partial charge in [0.2, 0.25) is 0 Å². The Kier molecular flexibility index (Phi) is 3.92. The van der Waals surface area contributed by atoms with Gasteiger partial charge < -0.3 is 14.8 Å². The van der Waals surface area contributed by atoms with E-state index >= 15 is 0 Å². The number of hydrogen-bond donors (Lipinski definition) is 1. The molecule has 0 bridgehead atoms. The van der Waals surface area contributed by atoms with Crippen LogP contribution in [0.2, 0.25) is 0 Å². The molecule has 21 heavy (non-hydrogen) atoms. The molecule has 3 rings (SSSR count). The van der Waals surface area contributed by atoms with Crippen LogP contribution in [-0.2, 0) is 6.54 Å². The zero-order chi connectivity index (χ0) is 14.7. The van der Waals surface area contributed by atoms with Crippen LogP contribution in [0.3, 0.4) is 0 Å². The Morgan fingerprint density at radius 2 is 1.95 bits per heavy atom. The fourth-order valence-corrected chi connectivity index (χ4v) is 2.87. The second-order valence-electron chi connectivity index (χ2n) is 4.52. The normalized spacial score (nSPS) is 10.6. The number of anilines is 1. The van der Waals surface area contributed by atoms with Crippen LogP contribution in [0.25, 0.3) is 10.8 Å². The first-order valence-electron chi connectivity index (χ1n) is 6.59. The molecule has 0 aliphatic rings. The SMILES string of the molecule is COc1cc2ccnc(NCc3cccs3)c2cc1OC. The summed E-state index contributed by atoms with van der Waals surface area (Å²) in [5.74, 6) is 2.28. The largest absolute Gasteiger partial charge is 0.493 e. The molecule has 1 aromatic carbocycles. The van der Waals surface area contributed by atoms with Gasteiger partial charge in [0.1, 0.15) is 5.82 Å². The van der Waals surface area contributed by atoms with E-state index in [4.69, 9.17) is 9.47 Å². The summed E-state index contributed by atoms with van der Waals surface area (Å²) < 4.78 is 10.7. The Bertz CT molecular complexity index is 741. The molecule has 4 nitrogen and oxygen atoms in total. The highest BCUT2D eigenvalue weighted by atomic mass is 32.1. The smallest absolute Gasteiger partial charge is 0.161 e. The molecule has 0 fully saturated rings. The van der Waals surface area contributed by atoms with Gasteiger partial charge in [0.05, 0.1) is 20.8 Å². The average molecular weight is 300 g/mol. The molecule has 0 aliphatic heterocycles. The predicted molar refractivity (Wildman–Crippen MR) is 86.5 cm³/mol. The lowest BCUT2D eigenvalue weighted by Gasteiger charge is -2.12. The fraction of sp³-hybridized carbons (Fsp3) is 0.188. The van der Waals surface area contributed by atoms with Crippen molar-refractivity contribution in [2.45, 2.75) is 6.54 Å². The Balaban J connectivity index is 1.98. The standard InChI is InChI=1S/C16H16N2O2S/c1-19-14-8-11-5-6-17-16(13(11)9-15(14)20-2)18-10-12-4-3-7-21-12/h3-9H,10H2,1-2H3,(H,17,18). The van der Waals surface area contributed by atoms with Crippen LogP contribution in [0.4, 0.5) is 5.82 Å². The van der Waals surface area contributed by atoms with Crippen molar-refractivity contribution in [3.8, 4) is 11.5 Å². The van der Waals surface area contributed by atoms with Crippen LogP contribution in [0, 0.1) is 0 Å². The fourth-order valence-electron chi connectivity index (χ4n) is 2.22. The summed E-state index contributed by atoms with van der Waals surface area (Å²) >= 11 is 1.73. The maximum absolute atomic E-state index is 5.37. The number of ether oxygens (including phenoxy) is 2. The van der Waals surface area contributed by atoms with Crippen LogP contribution in [0.5, 0.6) is 11.5 Å². The number of fused-ring (bicyclic) bond motifs is 1. The summed E-state index contributed by atoms with van der Waals surface area (Å²) in [4.78, 5) is 5.71. The van der Waals surface area contributed by atoms with Gasteiger partial charge in [-0.15, -0.1) is 11.3 Å². The van der Waals surface area contributed by atoms with Crippen molar-refractivity contribution in [3.05, 3.63) is 46.8 Å². The molecule has 0 unspecified atom stereocenters. The number of methoxy groups -OCH3 is 2. The van der Waals surface area contributed by atoms with Crippen molar-refractivity contribution in [2.75, 3.05) is 19.5 Å². The van der Waals surface area contributed by atoms with Crippen LogP contribution < -0.4 is 14.8 Å². The van der Waals surface area contributed by atoms with Gasteiger partial charge in [-0.2, -0.15) is 0 Å². The zero-order valence-electron chi connectivity index (χ0n) is 11.9. The Hall–Kier alpha value is -2.27. The highest BCUT2D eigenvalue weighted by Crippen LogP contribution is 2.34. The summed E-state index contributed by atoms with van der Waals surface area (Å²) in [6.45, 7) is 0.762. The minimum Gasteiger partial charge on any atom is -0.493 e. The van der Waals surface area contributed by atoms with Gasteiger partial charge in [0, 0.05) is 16.5 Å². The number of benzene rings is 1. The number of aromatic nitrogens is 1. The number of nitrogens with one attached hydrogen (secondary N) is 1. The lowest BCUT2D eigenvalue weighted by atomic mass is 10.1. The number of pyridine rings is 1. The van der Waals surface area contributed by atoms with E-state index < -0.39 is 0 Å². The highest BCUT2D eigenvalue weighted by Gasteiger charge is 2.09. The van der Waals surface area contributed by atoms with Gasteiger partial charge in [-0.1, -0.05) is 6.07 Å². The third kappa shape index (κ3) is 2.78. The first-order valence-corrected chi connectivity index (χ1v) is 7.47. The van der Waals surface area contributed by atoms with E-state index in [2.05, 4.69) is 21.7 Å². The zero-order valence-corrected chi connectivity index (χ0v) is 12.7. The second kappa shape index (κ2) is 6.01. The average Bonchev–Trinajstić information content (AvgIpc) is 3.04. The van der Waals surface area contributed by atoms with Gasteiger partial charge >= 0.3 is 0 Å². The third-order valence-corrected chi connectivity index (χ3v) is 4.16. The van der Waals surface area contributed by atoms with E-state index in [0.717, 1.165) is 28.9 Å². The minimum atomic E-state index is 0.706. The topological polar surface area (TPSA) is 43.4 Å². The van der Waals surface area contributed by atoms with Crippen molar-refractivity contribution in [2.24, 2.45) is 0 Å². The van der Waals surface area contributed by atoms with E-state index in [1.165, 1.54) is 4.88 Å². The Labute approximate surface area is 127 Å². The Morgan fingerprint density at radius 1 is 1.14 bits per heavy atom. The number of thiophene rings is 1. The monoisotopic (exact) mass is 300 g/mol. The molecule has 0 aliphatic carbocycles. The van der Waals surface area contributed by atoms with Gasteiger partial charge in [0.25, 0.3) is 0 Å². The van der Waals surface area contributed by atoms with E-state index in [0.29, 0.717) is 5.75 Å². The summed E-state index contributed by atoms with van der Waals surface area (Å²) in [5.41, 5.74) is 0. The molecule has 0 radical (unpaired) electrons. The van der Waals surface area contributed by atoms with Crippen LogP contribution in [0.1, 0.15) is 4.88 Å². The van der Waals surface area contributed by atoms with E-state index in [1.807, 2.05) is 24.3 Å². The van der Waals surface area contributed by atoms with Gasteiger partial charge in [-0.05, 0) is 35.0 Å². The van der Waals surface area contributed by atoms with E-state index in [9.17, 15) is 0 Å². The molecular weight excluding hydrogens is 284 g/mol. The molecule has 0 atom stereocenters. The molecular formula is C16H16N2O2S. The summed E-state index contributed by atoms with van der Waals surface area (Å²) in [6.07, 6.45) is 1.80. The number of hydrogen-bond acceptors (Lipinski definition) is 5. The summed E-state index contributed by atoms with van der Waals surface area (Å²) in [5, 5.41) is 7.54.